The third-order valence-corrected chi connectivity index (χ3v) is 5.80. The minimum absolute atomic E-state index is 0.323. The molecule has 0 aromatic heterocycles. The molecule has 6 heteroatoms. The Morgan fingerprint density at radius 3 is 2.54 bits per heavy atom. The first kappa shape index (κ1) is 19.4. The van der Waals surface area contributed by atoms with Gasteiger partial charge in [-0.15, -0.1) is 0 Å². The van der Waals surface area contributed by atoms with Gasteiger partial charge in [0, 0.05) is 37.6 Å². The Morgan fingerprint density at radius 2 is 1.86 bits per heavy atom. The summed E-state index contributed by atoms with van der Waals surface area (Å²) in [6, 6.07) is 14.2. The van der Waals surface area contributed by atoms with Crippen molar-refractivity contribution in [3.63, 3.8) is 0 Å². The fourth-order valence-electron chi connectivity index (χ4n) is 4.06. The predicted molar refractivity (Wildman–Crippen MR) is 105 cm³/mol. The molecule has 1 heterocycles. The fraction of sp³-hybridized carbons (Fsp3) is 0.455. The van der Waals surface area contributed by atoms with Crippen molar-refractivity contribution >= 4 is 0 Å². The van der Waals surface area contributed by atoms with Crippen LogP contribution in [0.25, 0.3) is 11.1 Å². The summed E-state index contributed by atoms with van der Waals surface area (Å²) < 4.78 is 38.7. The zero-order valence-electron chi connectivity index (χ0n) is 15.8. The minimum Gasteiger partial charge on any atom is -0.326 e. The zero-order valence-corrected chi connectivity index (χ0v) is 15.8. The molecule has 0 unspecified atom stereocenters. The lowest BCUT2D eigenvalue weighted by molar-refractivity contribution is -0.137. The third-order valence-electron chi connectivity index (χ3n) is 5.80. The number of hydrogen-bond acceptors (Lipinski definition) is 3. The third kappa shape index (κ3) is 4.57. The van der Waals surface area contributed by atoms with Crippen molar-refractivity contribution in [2.75, 3.05) is 26.2 Å². The number of halogens is 3. The molecule has 0 bridgehead atoms. The van der Waals surface area contributed by atoms with E-state index in [0.29, 0.717) is 23.6 Å². The Hall–Kier alpha value is -1.89. The first-order valence-electron chi connectivity index (χ1n) is 9.89. The Labute approximate surface area is 163 Å². The lowest BCUT2D eigenvalue weighted by atomic mass is 10.0. The van der Waals surface area contributed by atoms with Crippen molar-refractivity contribution in [2.24, 2.45) is 5.73 Å². The molecule has 1 saturated carbocycles. The number of rotatable bonds is 6. The Bertz CT molecular complexity index is 803. The Balaban J connectivity index is 1.31. The molecule has 0 spiro atoms. The van der Waals surface area contributed by atoms with Crippen LogP contribution in [0.4, 0.5) is 13.2 Å². The minimum atomic E-state index is -4.32. The highest BCUT2D eigenvalue weighted by molar-refractivity contribution is 5.65. The highest BCUT2D eigenvalue weighted by Gasteiger charge is 2.37. The summed E-state index contributed by atoms with van der Waals surface area (Å²) in [6.45, 7) is 4.09. The van der Waals surface area contributed by atoms with Gasteiger partial charge in [-0.25, -0.2) is 0 Å². The van der Waals surface area contributed by atoms with Crippen molar-refractivity contribution in [3.8, 4) is 11.1 Å². The van der Waals surface area contributed by atoms with Gasteiger partial charge in [0.05, 0.1) is 5.56 Å². The van der Waals surface area contributed by atoms with E-state index in [1.165, 1.54) is 17.7 Å². The van der Waals surface area contributed by atoms with Crippen LogP contribution in [-0.4, -0.2) is 43.2 Å². The Kier molecular flexibility index (Phi) is 5.45. The van der Waals surface area contributed by atoms with Gasteiger partial charge in [-0.3, -0.25) is 0 Å². The summed E-state index contributed by atoms with van der Waals surface area (Å²) in [5, 5.41) is 3.61. The van der Waals surface area contributed by atoms with E-state index in [1.54, 1.807) is 6.07 Å². The number of nitrogens with one attached hydrogen (secondary N) is 1. The predicted octanol–water partition coefficient (Wildman–Crippen LogP) is 3.85. The lowest BCUT2D eigenvalue weighted by Crippen LogP contribution is -2.33. The number of hydrogen-bond donors (Lipinski definition) is 2. The average Bonchev–Trinajstić information content (AvgIpc) is 3.33. The Morgan fingerprint density at radius 1 is 1.07 bits per heavy atom. The molecule has 3 N–H and O–H groups in total. The van der Waals surface area contributed by atoms with Crippen LogP contribution in [-0.2, 0) is 6.18 Å². The fourth-order valence-corrected chi connectivity index (χ4v) is 4.06. The molecule has 150 valence electrons. The summed E-state index contributed by atoms with van der Waals surface area (Å²) in [7, 11) is 0. The largest absolute Gasteiger partial charge is 0.416 e. The molecule has 0 radical (unpaired) electrons. The molecular weight excluding hydrogens is 363 g/mol. The van der Waals surface area contributed by atoms with Gasteiger partial charge in [0.1, 0.15) is 0 Å². The maximum atomic E-state index is 12.9. The summed E-state index contributed by atoms with van der Waals surface area (Å²) in [5.74, 6) is 0.497. The summed E-state index contributed by atoms with van der Waals surface area (Å²) in [4.78, 5) is 2.40. The molecule has 2 aromatic rings. The number of nitrogens with zero attached hydrogens (tertiary/aromatic N) is 1. The number of nitrogens with two attached hydrogens (primary N) is 1. The van der Waals surface area contributed by atoms with Crippen molar-refractivity contribution in [1.29, 1.82) is 0 Å². The number of likely N-dealkylation sites (tertiary alicyclic amines) is 1. The van der Waals surface area contributed by atoms with Gasteiger partial charge in [0.2, 0.25) is 0 Å². The maximum Gasteiger partial charge on any atom is 0.416 e. The van der Waals surface area contributed by atoms with Crippen LogP contribution >= 0.6 is 0 Å². The van der Waals surface area contributed by atoms with E-state index < -0.39 is 11.7 Å². The monoisotopic (exact) mass is 389 g/mol. The van der Waals surface area contributed by atoms with Crippen LogP contribution in [0.1, 0.15) is 29.9 Å². The molecule has 2 aromatic carbocycles. The molecule has 1 saturated heterocycles. The van der Waals surface area contributed by atoms with E-state index in [0.717, 1.165) is 50.7 Å². The normalized spacial score (nSPS) is 25.2. The SMILES string of the molecule is N[C@@H]1CCN(CCN[C@@H]2C[C@H]2c2ccc(-c3cccc(C(F)(F)F)c3)cc2)C1. The van der Waals surface area contributed by atoms with Gasteiger partial charge < -0.3 is 16.0 Å². The van der Waals surface area contributed by atoms with E-state index in [4.69, 9.17) is 5.73 Å². The molecular formula is C22H26F3N3. The van der Waals surface area contributed by atoms with E-state index in [1.807, 2.05) is 24.3 Å². The van der Waals surface area contributed by atoms with Crippen molar-refractivity contribution < 1.29 is 13.2 Å². The van der Waals surface area contributed by atoms with Crippen LogP contribution in [0.3, 0.4) is 0 Å². The molecule has 0 amide bonds. The summed E-state index contributed by atoms with van der Waals surface area (Å²) >= 11 is 0. The molecule has 3 atom stereocenters. The quantitative estimate of drug-likeness (QED) is 0.789. The smallest absolute Gasteiger partial charge is 0.326 e. The molecule has 2 aliphatic rings. The van der Waals surface area contributed by atoms with Gasteiger partial charge in [0.15, 0.2) is 0 Å². The first-order chi connectivity index (χ1) is 13.4. The van der Waals surface area contributed by atoms with Crippen LogP contribution in [0, 0.1) is 0 Å². The first-order valence-corrected chi connectivity index (χ1v) is 9.89. The highest BCUT2D eigenvalue weighted by Crippen LogP contribution is 2.41. The van der Waals surface area contributed by atoms with Crippen LogP contribution in [0.5, 0.6) is 0 Å². The average molecular weight is 389 g/mol. The lowest BCUT2D eigenvalue weighted by Gasteiger charge is -2.15. The van der Waals surface area contributed by atoms with Crippen molar-refractivity contribution in [1.82, 2.24) is 10.2 Å². The van der Waals surface area contributed by atoms with E-state index in [2.05, 4.69) is 10.2 Å². The van der Waals surface area contributed by atoms with Crippen molar-refractivity contribution in [3.05, 3.63) is 59.7 Å². The van der Waals surface area contributed by atoms with Crippen molar-refractivity contribution in [2.45, 2.75) is 37.0 Å². The summed E-state index contributed by atoms with van der Waals surface area (Å²) in [6.07, 6.45) is -2.12. The number of benzene rings is 2. The van der Waals surface area contributed by atoms with Gasteiger partial charge in [-0.2, -0.15) is 13.2 Å². The van der Waals surface area contributed by atoms with Gasteiger partial charge in [0.25, 0.3) is 0 Å². The maximum absolute atomic E-state index is 12.9. The molecule has 1 aliphatic heterocycles. The molecule has 4 rings (SSSR count). The second kappa shape index (κ2) is 7.85. The molecule has 28 heavy (non-hydrogen) atoms. The van der Waals surface area contributed by atoms with Crippen LogP contribution < -0.4 is 11.1 Å². The number of alkyl halides is 3. The van der Waals surface area contributed by atoms with Gasteiger partial charge in [-0.1, -0.05) is 36.4 Å². The topological polar surface area (TPSA) is 41.3 Å². The van der Waals surface area contributed by atoms with E-state index in [9.17, 15) is 13.2 Å². The standard InChI is InChI=1S/C22H26F3N3/c23-22(24,25)18-3-1-2-17(12-18)15-4-6-16(7-5-15)20-13-21(20)27-9-11-28-10-8-19(26)14-28/h1-7,12,19-21,27H,8-11,13-14,26H2/t19-,20+,21-/m1/s1. The zero-order chi connectivity index (χ0) is 19.7. The van der Waals surface area contributed by atoms with E-state index in [-0.39, 0.29) is 0 Å². The summed E-state index contributed by atoms with van der Waals surface area (Å²) in [5.41, 5.74) is 7.97. The molecule has 2 fully saturated rings. The van der Waals surface area contributed by atoms with Gasteiger partial charge >= 0.3 is 6.18 Å². The second-order valence-corrected chi connectivity index (χ2v) is 7.95. The van der Waals surface area contributed by atoms with Crippen LogP contribution in [0.2, 0.25) is 0 Å². The highest BCUT2D eigenvalue weighted by atomic mass is 19.4. The van der Waals surface area contributed by atoms with Gasteiger partial charge in [-0.05, 0) is 48.2 Å². The van der Waals surface area contributed by atoms with Crippen LogP contribution in [0.15, 0.2) is 48.5 Å². The molecule has 3 nitrogen and oxygen atoms in total. The molecule has 1 aliphatic carbocycles. The second-order valence-electron chi connectivity index (χ2n) is 7.95. The van der Waals surface area contributed by atoms with E-state index >= 15 is 0 Å².